The lowest BCUT2D eigenvalue weighted by Gasteiger charge is -2.28. The van der Waals surface area contributed by atoms with Gasteiger partial charge in [-0.05, 0) is 31.1 Å². The van der Waals surface area contributed by atoms with Crippen molar-refractivity contribution in [2.45, 2.75) is 33.3 Å². The van der Waals surface area contributed by atoms with E-state index in [0.29, 0.717) is 17.6 Å². The predicted molar refractivity (Wildman–Crippen MR) is 93.8 cm³/mol. The molecule has 140 valence electrons. The highest BCUT2D eigenvalue weighted by Gasteiger charge is 2.42. The molecule has 27 heavy (non-hydrogen) atoms. The first kappa shape index (κ1) is 18.6. The fourth-order valence-corrected chi connectivity index (χ4v) is 3.42. The number of hydrogen-bond acceptors (Lipinski definition) is 7. The first-order chi connectivity index (χ1) is 12.7. The zero-order valence-electron chi connectivity index (χ0n) is 15.4. The normalized spacial score (nSPS) is 18.5. The number of carbonyl (C=O) groups is 4. The van der Waals surface area contributed by atoms with Crippen LogP contribution in [-0.4, -0.2) is 36.7 Å². The molecule has 1 unspecified atom stereocenters. The smallest absolute Gasteiger partial charge is 0.339 e. The first-order valence-corrected chi connectivity index (χ1v) is 8.30. The van der Waals surface area contributed by atoms with E-state index in [1.807, 2.05) is 0 Å². The van der Waals surface area contributed by atoms with Crippen LogP contribution in [0.2, 0.25) is 0 Å². The summed E-state index contributed by atoms with van der Waals surface area (Å²) in [5, 5.41) is 0. The number of fused-ring (bicyclic) bond motifs is 3. The lowest BCUT2D eigenvalue weighted by molar-refractivity contribution is -0.131. The predicted octanol–water partition coefficient (Wildman–Crippen LogP) is 2.57. The number of ether oxygens (including phenoxy) is 3. The number of esters is 2. The van der Waals surface area contributed by atoms with Crippen molar-refractivity contribution < 1.29 is 33.4 Å². The summed E-state index contributed by atoms with van der Waals surface area (Å²) in [4.78, 5) is 50.3. The molecule has 1 aliphatic carbocycles. The molecule has 2 aliphatic rings. The Morgan fingerprint density at radius 1 is 1.15 bits per heavy atom. The van der Waals surface area contributed by atoms with E-state index in [9.17, 15) is 19.2 Å². The van der Waals surface area contributed by atoms with E-state index in [-0.39, 0.29) is 33.8 Å². The van der Waals surface area contributed by atoms with E-state index in [2.05, 4.69) is 6.58 Å². The zero-order valence-corrected chi connectivity index (χ0v) is 15.4. The van der Waals surface area contributed by atoms with Crippen molar-refractivity contribution in [2.75, 3.05) is 7.11 Å². The molecule has 0 bridgehead atoms. The number of carbonyl (C=O) groups excluding carboxylic acids is 4. The second-order valence-corrected chi connectivity index (χ2v) is 6.52. The number of hydrogen-bond donors (Lipinski definition) is 0. The van der Waals surface area contributed by atoms with Gasteiger partial charge in [-0.25, -0.2) is 4.79 Å². The summed E-state index contributed by atoms with van der Waals surface area (Å²) in [6.45, 7) is 8.18. The van der Waals surface area contributed by atoms with Crippen LogP contribution >= 0.6 is 0 Å². The lowest BCUT2D eigenvalue weighted by atomic mass is 9.79. The second-order valence-electron chi connectivity index (χ2n) is 6.52. The Bertz CT molecular complexity index is 965. The summed E-state index contributed by atoms with van der Waals surface area (Å²) in [7, 11) is 1.26. The molecule has 1 aliphatic heterocycles. The van der Waals surface area contributed by atoms with Crippen molar-refractivity contribution in [3.05, 3.63) is 51.8 Å². The standard InChI is InChI=1S/C20H18O7/c1-8(2)13-17(22)15-12(27-10(4)21)7-11-6-9(3)26-20(24)14(11)16(15)18(23)19(13)25-5/h7,9H,1,6H2,2-5H3. The van der Waals surface area contributed by atoms with Crippen molar-refractivity contribution >= 4 is 23.5 Å². The summed E-state index contributed by atoms with van der Waals surface area (Å²) in [5.74, 6) is -2.87. The van der Waals surface area contributed by atoms with E-state index in [0.717, 1.165) is 0 Å². The van der Waals surface area contributed by atoms with Crippen LogP contribution in [0.1, 0.15) is 57.4 Å². The third-order valence-electron chi connectivity index (χ3n) is 4.39. The first-order valence-electron chi connectivity index (χ1n) is 8.30. The van der Waals surface area contributed by atoms with Gasteiger partial charge in [0.15, 0.2) is 5.76 Å². The van der Waals surface area contributed by atoms with Gasteiger partial charge in [0.2, 0.25) is 11.6 Å². The van der Waals surface area contributed by atoms with Crippen molar-refractivity contribution in [1.82, 2.24) is 0 Å². The number of ketones is 2. The van der Waals surface area contributed by atoms with E-state index in [4.69, 9.17) is 14.2 Å². The maximum atomic E-state index is 13.1. The van der Waals surface area contributed by atoms with Crippen LogP contribution in [0.15, 0.2) is 29.6 Å². The number of cyclic esters (lactones) is 1. The number of Topliss-reactive ketones (excluding diaryl/α,β-unsaturated/α-hetero) is 2. The van der Waals surface area contributed by atoms with Crippen LogP contribution < -0.4 is 4.74 Å². The Kier molecular flexibility index (Phi) is 4.47. The highest BCUT2D eigenvalue weighted by atomic mass is 16.5. The van der Waals surface area contributed by atoms with Gasteiger partial charge in [0, 0.05) is 13.3 Å². The Balaban J connectivity index is 2.40. The molecular formula is C20H18O7. The van der Waals surface area contributed by atoms with E-state index in [1.54, 1.807) is 13.8 Å². The Morgan fingerprint density at radius 3 is 2.37 bits per heavy atom. The zero-order chi connectivity index (χ0) is 20.0. The minimum absolute atomic E-state index is 0.00710. The molecule has 0 saturated carbocycles. The number of methoxy groups -OCH3 is 1. The van der Waals surface area contributed by atoms with E-state index in [1.165, 1.54) is 20.1 Å². The Morgan fingerprint density at radius 2 is 1.81 bits per heavy atom. The number of rotatable bonds is 3. The van der Waals surface area contributed by atoms with Crippen LogP contribution in [0.4, 0.5) is 0 Å². The van der Waals surface area contributed by atoms with Crippen molar-refractivity contribution in [3.8, 4) is 5.75 Å². The Hall–Kier alpha value is -3.22. The molecule has 0 amide bonds. The molecule has 1 heterocycles. The third-order valence-corrected chi connectivity index (χ3v) is 4.39. The molecule has 3 rings (SSSR count). The lowest BCUT2D eigenvalue weighted by Crippen LogP contribution is -2.32. The maximum Gasteiger partial charge on any atom is 0.339 e. The fraction of sp³-hybridized carbons (Fsp3) is 0.300. The summed E-state index contributed by atoms with van der Waals surface area (Å²) < 4.78 is 15.6. The highest BCUT2D eigenvalue weighted by Crippen LogP contribution is 2.40. The van der Waals surface area contributed by atoms with Crippen molar-refractivity contribution in [1.29, 1.82) is 0 Å². The van der Waals surface area contributed by atoms with Crippen LogP contribution in [0.5, 0.6) is 5.75 Å². The average molecular weight is 370 g/mol. The number of benzene rings is 1. The quantitative estimate of drug-likeness (QED) is 0.596. The molecule has 7 nitrogen and oxygen atoms in total. The van der Waals surface area contributed by atoms with Crippen molar-refractivity contribution in [2.24, 2.45) is 0 Å². The minimum Gasteiger partial charge on any atom is -0.492 e. The van der Waals surface area contributed by atoms with Crippen LogP contribution in [0, 0.1) is 0 Å². The van der Waals surface area contributed by atoms with Gasteiger partial charge in [-0.15, -0.1) is 0 Å². The second kappa shape index (κ2) is 6.50. The molecule has 0 saturated heterocycles. The minimum atomic E-state index is -0.704. The summed E-state index contributed by atoms with van der Waals surface area (Å²) >= 11 is 0. The monoisotopic (exact) mass is 370 g/mol. The summed E-state index contributed by atoms with van der Waals surface area (Å²) in [6, 6.07) is 1.45. The van der Waals surface area contributed by atoms with E-state index < -0.39 is 29.6 Å². The SMILES string of the molecule is C=C(C)C1=C(OC)C(=O)c2c3c(cc(OC(C)=O)c2C1=O)CC(C)OC3=O. The molecule has 1 atom stereocenters. The molecular weight excluding hydrogens is 352 g/mol. The van der Waals surface area contributed by atoms with Gasteiger partial charge in [0.25, 0.3) is 0 Å². The molecule has 1 aromatic carbocycles. The van der Waals surface area contributed by atoms with Gasteiger partial charge < -0.3 is 14.2 Å². The fourth-order valence-electron chi connectivity index (χ4n) is 3.42. The summed E-state index contributed by atoms with van der Waals surface area (Å²) in [6.07, 6.45) is -0.0882. The highest BCUT2D eigenvalue weighted by molar-refractivity contribution is 6.31. The molecule has 0 spiro atoms. The largest absolute Gasteiger partial charge is 0.492 e. The molecule has 1 aromatic rings. The van der Waals surface area contributed by atoms with Crippen LogP contribution in [0.25, 0.3) is 0 Å². The van der Waals surface area contributed by atoms with E-state index >= 15 is 0 Å². The average Bonchev–Trinajstić information content (AvgIpc) is 2.55. The summed E-state index contributed by atoms with van der Waals surface area (Å²) in [5.41, 5.74) is 0.475. The third kappa shape index (κ3) is 2.85. The molecule has 0 aromatic heterocycles. The molecule has 0 fully saturated rings. The van der Waals surface area contributed by atoms with Crippen LogP contribution in [-0.2, 0) is 20.7 Å². The van der Waals surface area contributed by atoms with Gasteiger partial charge in [-0.3, -0.25) is 14.4 Å². The Labute approximate surface area is 155 Å². The molecule has 0 N–H and O–H groups in total. The van der Waals surface area contributed by atoms with Gasteiger partial charge in [-0.2, -0.15) is 0 Å². The molecule has 7 heteroatoms. The van der Waals surface area contributed by atoms with Gasteiger partial charge in [-0.1, -0.05) is 6.58 Å². The van der Waals surface area contributed by atoms with Gasteiger partial charge in [0.05, 0.1) is 29.4 Å². The van der Waals surface area contributed by atoms with Gasteiger partial charge >= 0.3 is 11.9 Å². The van der Waals surface area contributed by atoms with Gasteiger partial charge in [0.1, 0.15) is 11.9 Å². The maximum absolute atomic E-state index is 13.1. The topological polar surface area (TPSA) is 96.0 Å². The number of allylic oxidation sites excluding steroid dienone is 3. The van der Waals surface area contributed by atoms with Crippen molar-refractivity contribution in [3.63, 3.8) is 0 Å². The molecule has 0 radical (unpaired) electrons. The van der Waals surface area contributed by atoms with Crippen LogP contribution in [0.3, 0.4) is 0 Å².